The summed E-state index contributed by atoms with van der Waals surface area (Å²) >= 11 is 0. The second-order valence-corrected chi connectivity index (χ2v) is 6.01. The fourth-order valence-electron chi connectivity index (χ4n) is 2.87. The maximum Gasteiger partial charge on any atom is 0.156 e. The van der Waals surface area contributed by atoms with Crippen LogP contribution >= 0.6 is 0 Å². The Morgan fingerprint density at radius 1 is 1.35 bits per heavy atom. The van der Waals surface area contributed by atoms with E-state index in [-0.39, 0.29) is 12.0 Å². The fourth-order valence-corrected chi connectivity index (χ4v) is 2.87. The van der Waals surface area contributed by atoms with Gasteiger partial charge in [0.2, 0.25) is 0 Å². The zero-order chi connectivity index (χ0) is 14.1. The Balaban J connectivity index is 1.98. The first-order valence-electron chi connectivity index (χ1n) is 7.60. The Kier molecular flexibility index (Phi) is 3.74. The third kappa shape index (κ3) is 2.57. The van der Waals surface area contributed by atoms with Crippen LogP contribution in [0.1, 0.15) is 69.5 Å². The maximum absolute atomic E-state index is 11.5. The van der Waals surface area contributed by atoms with Crippen LogP contribution in [0.15, 0.2) is 12.1 Å². The second-order valence-electron chi connectivity index (χ2n) is 6.01. The highest BCUT2D eigenvalue weighted by Gasteiger charge is 2.25. The summed E-state index contributed by atoms with van der Waals surface area (Å²) in [4.78, 5) is 11.5. The molecule has 1 fully saturated rings. The molecule has 1 aromatic heterocycles. The van der Waals surface area contributed by atoms with Gasteiger partial charge in [0.1, 0.15) is 0 Å². The standard InChI is InChI=1S/C16H22N2O2/c1-11(2)14-10-15(12-6-7-13(19)9-12)18(17-14)16-5-3-4-8-20-16/h9-11,16H,3-8H2,1-2H3. The lowest BCUT2D eigenvalue weighted by molar-refractivity contribution is -0.114. The quantitative estimate of drug-likeness (QED) is 0.848. The van der Waals surface area contributed by atoms with E-state index in [0.717, 1.165) is 42.8 Å². The lowest BCUT2D eigenvalue weighted by Crippen LogP contribution is -2.21. The Morgan fingerprint density at radius 3 is 2.80 bits per heavy atom. The van der Waals surface area contributed by atoms with Crippen LogP contribution in [0.3, 0.4) is 0 Å². The number of hydrogen-bond acceptors (Lipinski definition) is 3. The number of rotatable bonds is 3. The van der Waals surface area contributed by atoms with E-state index in [1.54, 1.807) is 6.08 Å². The van der Waals surface area contributed by atoms with E-state index in [9.17, 15) is 4.79 Å². The molecule has 4 heteroatoms. The molecule has 108 valence electrons. The van der Waals surface area contributed by atoms with Crippen molar-refractivity contribution in [2.24, 2.45) is 0 Å². The molecule has 1 unspecified atom stereocenters. The Hall–Kier alpha value is -1.42. The van der Waals surface area contributed by atoms with Gasteiger partial charge < -0.3 is 4.74 Å². The first-order chi connectivity index (χ1) is 9.65. The summed E-state index contributed by atoms with van der Waals surface area (Å²) in [6.45, 7) is 5.09. The molecule has 1 saturated heterocycles. The summed E-state index contributed by atoms with van der Waals surface area (Å²) in [5, 5.41) is 4.74. The van der Waals surface area contributed by atoms with Crippen molar-refractivity contribution < 1.29 is 9.53 Å². The molecule has 2 aliphatic rings. The zero-order valence-corrected chi connectivity index (χ0v) is 12.3. The SMILES string of the molecule is CC(C)c1cc(C2=CC(=O)CC2)n(C2CCCCO2)n1. The van der Waals surface area contributed by atoms with Crippen molar-refractivity contribution in [2.75, 3.05) is 6.61 Å². The van der Waals surface area contributed by atoms with E-state index >= 15 is 0 Å². The third-order valence-corrected chi connectivity index (χ3v) is 4.08. The molecule has 1 atom stereocenters. The molecule has 20 heavy (non-hydrogen) atoms. The van der Waals surface area contributed by atoms with Crippen molar-refractivity contribution >= 4 is 11.4 Å². The minimum atomic E-state index is 0.0304. The van der Waals surface area contributed by atoms with Crippen LogP contribution in [-0.4, -0.2) is 22.2 Å². The van der Waals surface area contributed by atoms with Crippen LogP contribution in [-0.2, 0) is 9.53 Å². The predicted molar refractivity (Wildman–Crippen MR) is 77.4 cm³/mol. The molecule has 0 bridgehead atoms. The van der Waals surface area contributed by atoms with E-state index in [1.807, 2.05) is 4.68 Å². The van der Waals surface area contributed by atoms with Gasteiger partial charge in [-0.1, -0.05) is 13.8 Å². The number of ether oxygens (including phenoxy) is 1. The smallest absolute Gasteiger partial charge is 0.156 e. The largest absolute Gasteiger partial charge is 0.356 e. The first-order valence-corrected chi connectivity index (χ1v) is 7.60. The highest BCUT2D eigenvalue weighted by atomic mass is 16.5. The van der Waals surface area contributed by atoms with Crippen molar-refractivity contribution in [1.82, 2.24) is 9.78 Å². The average molecular weight is 274 g/mol. The Bertz CT molecular complexity index is 537. The van der Waals surface area contributed by atoms with E-state index in [2.05, 4.69) is 19.9 Å². The summed E-state index contributed by atoms with van der Waals surface area (Å²) in [6.07, 6.45) is 6.58. The van der Waals surface area contributed by atoms with Gasteiger partial charge in [0, 0.05) is 13.0 Å². The molecule has 1 aliphatic carbocycles. The Labute approximate surface area is 119 Å². The van der Waals surface area contributed by atoms with Crippen molar-refractivity contribution in [3.8, 4) is 0 Å². The Morgan fingerprint density at radius 2 is 2.20 bits per heavy atom. The fraction of sp³-hybridized carbons (Fsp3) is 0.625. The molecule has 3 rings (SSSR count). The minimum Gasteiger partial charge on any atom is -0.356 e. The highest BCUT2D eigenvalue weighted by molar-refractivity contribution is 6.01. The first kappa shape index (κ1) is 13.6. The van der Waals surface area contributed by atoms with Crippen molar-refractivity contribution in [3.63, 3.8) is 0 Å². The van der Waals surface area contributed by atoms with E-state index in [4.69, 9.17) is 9.84 Å². The maximum atomic E-state index is 11.5. The normalized spacial score (nSPS) is 23.4. The summed E-state index contributed by atoms with van der Waals surface area (Å²) in [5.41, 5.74) is 3.27. The summed E-state index contributed by atoms with van der Waals surface area (Å²) in [5.74, 6) is 0.611. The molecule has 4 nitrogen and oxygen atoms in total. The van der Waals surface area contributed by atoms with Gasteiger partial charge in [-0.3, -0.25) is 4.79 Å². The van der Waals surface area contributed by atoms with Gasteiger partial charge in [-0.2, -0.15) is 5.10 Å². The molecule has 1 aromatic rings. The molecule has 0 amide bonds. The van der Waals surface area contributed by atoms with Crippen LogP contribution in [0, 0.1) is 0 Å². The molecular weight excluding hydrogens is 252 g/mol. The second kappa shape index (κ2) is 5.52. The molecule has 1 aliphatic heterocycles. The van der Waals surface area contributed by atoms with E-state index in [1.165, 1.54) is 6.42 Å². The van der Waals surface area contributed by atoms with Gasteiger partial charge in [-0.05, 0) is 49.3 Å². The molecule has 0 saturated carbocycles. The molecular formula is C16H22N2O2. The lowest BCUT2D eigenvalue weighted by Gasteiger charge is -2.24. The van der Waals surface area contributed by atoms with Crippen LogP contribution in [0.2, 0.25) is 0 Å². The van der Waals surface area contributed by atoms with Gasteiger partial charge in [-0.25, -0.2) is 4.68 Å². The number of carbonyl (C=O) groups is 1. The van der Waals surface area contributed by atoms with E-state index in [0.29, 0.717) is 12.3 Å². The zero-order valence-electron chi connectivity index (χ0n) is 12.3. The lowest BCUT2D eigenvalue weighted by atomic mass is 10.1. The summed E-state index contributed by atoms with van der Waals surface area (Å²) < 4.78 is 7.89. The van der Waals surface area contributed by atoms with Crippen LogP contribution in [0.25, 0.3) is 5.57 Å². The number of aromatic nitrogens is 2. The molecule has 0 spiro atoms. The number of hydrogen-bond donors (Lipinski definition) is 0. The highest BCUT2D eigenvalue weighted by Crippen LogP contribution is 2.32. The van der Waals surface area contributed by atoms with Crippen molar-refractivity contribution in [3.05, 3.63) is 23.5 Å². The van der Waals surface area contributed by atoms with Crippen molar-refractivity contribution in [2.45, 2.75) is 58.1 Å². The van der Waals surface area contributed by atoms with Crippen molar-refractivity contribution in [1.29, 1.82) is 0 Å². The number of ketones is 1. The summed E-state index contributed by atoms with van der Waals surface area (Å²) in [7, 11) is 0. The number of carbonyl (C=O) groups excluding carboxylic acids is 1. The predicted octanol–water partition coefficient (Wildman–Crippen LogP) is 3.45. The van der Waals surface area contributed by atoms with E-state index < -0.39 is 0 Å². The number of allylic oxidation sites excluding steroid dienone is 2. The van der Waals surface area contributed by atoms with Gasteiger partial charge in [0.25, 0.3) is 0 Å². The molecule has 0 radical (unpaired) electrons. The van der Waals surface area contributed by atoms with Crippen LogP contribution in [0.5, 0.6) is 0 Å². The monoisotopic (exact) mass is 274 g/mol. The third-order valence-electron chi connectivity index (χ3n) is 4.08. The number of nitrogens with zero attached hydrogens (tertiary/aromatic N) is 2. The van der Waals surface area contributed by atoms with Crippen LogP contribution < -0.4 is 0 Å². The molecule has 0 aromatic carbocycles. The topological polar surface area (TPSA) is 44.1 Å². The summed E-state index contributed by atoms with van der Waals surface area (Å²) in [6, 6.07) is 2.13. The molecule has 2 heterocycles. The average Bonchev–Trinajstić information content (AvgIpc) is 3.05. The van der Waals surface area contributed by atoms with Gasteiger partial charge in [0.05, 0.1) is 11.4 Å². The van der Waals surface area contributed by atoms with Gasteiger partial charge in [-0.15, -0.1) is 0 Å². The molecule has 0 N–H and O–H groups in total. The van der Waals surface area contributed by atoms with Gasteiger partial charge >= 0.3 is 0 Å². The van der Waals surface area contributed by atoms with Crippen LogP contribution in [0.4, 0.5) is 0 Å². The van der Waals surface area contributed by atoms with Gasteiger partial charge in [0.15, 0.2) is 12.0 Å². The minimum absolute atomic E-state index is 0.0304.